The van der Waals surface area contributed by atoms with Gasteiger partial charge in [-0.2, -0.15) is 8.42 Å². The number of hydrogen-bond donors (Lipinski definition) is 1. The van der Waals surface area contributed by atoms with Crippen molar-refractivity contribution in [3.8, 4) is 0 Å². The molecule has 0 bridgehead atoms. The Morgan fingerprint density at radius 1 is 1.20 bits per heavy atom. The maximum Gasteiger partial charge on any atom is 0.296 e. The normalized spacial score (nSPS) is 17.6. The fourth-order valence-corrected chi connectivity index (χ4v) is 5.24. The van der Waals surface area contributed by atoms with Crippen molar-refractivity contribution in [3.63, 3.8) is 0 Å². The number of ether oxygens (including phenoxy) is 1. The number of halogens is 2. The summed E-state index contributed by atoms with van der Waals surface area (Å²) < 4.78 is 50.0. The molecule has 30 heavy (non-hydrogen) atoms. The van der Waals surface area contributed by atoms with Gasteiger partial charge in [-0.15, -0.1) is 0 Å². The zero-order valence-electron chi connectivity index (χ0n) is 16.8. The summed E-state index contributed by atoms with van der Waals surface area (Å²) in [6.07, 6.45) is 1.46. The number of aryl methyl sites for hydroxylation is 1. The van der Waals surface area contributed by atoms with Crippen LogP contribution in [-0.2, 0) is 19.0 Å². The average Bonchev–Trinajstić information content (AvgIpc) is 2.72. The number of rotatable bonds is 8. The summed E-state index contributed by atoms with van der Waals surface area (Å²) in [5.74, 6) is -0.381. The Morgan fingerprint density at radius 3 is 2.50 bits per heavy atom. The van der Waals surface area contributed by atoms with Gasteiger partial charge in [0.15, 0.2) is 0 Å². The summed E-state index contributed by atoms with van der Waals surface area (Å²) in [6.45, 7) is 2.96. The lowest BCUT2D eigenvalue weighted by Gasteiger charge is -2.37. The highest BCUT2D eigenvalue weighted by atomic mass is 79.9. The molecular formula is C22H26BrFO5S. The molecule has 1 fully saturated rings. The SMILES string of the molecule is Cc1ccc(S(=O)(=O)OCC2(CCC(O)c3ccc(F)cc3Br)CCOCC2)cc1. The van der Waals surface area contributed by atoms with Crippen LogP contribution in [0.2, 0.25) is 0 Å². The molecule has 5 nitrogen and oxygen atoms in total. The van der Waals surface area contributed by atoms with Gasteiger partial charge in [-0.3, -0.25) is 4.18 Å². The monoisotopic (exact) mass is 500 g/mol. The standard InChI is InChI=1S/C22H26BrFO5S/c1-16-2-5-18(6-3-16)30(26,27)29-15-22(10-12-28-13-11-22)9-8-21(25)19-7-4-17(24)14-20(19)23/h2-7,14,21,25H,8-13,15H2,1H3. The highest BCUT2D eigenvalue weighted by Crippen LogP contribution is 2.39. The van der Waals surface area contributed by atoms with E-state index in [0.717, 1.165) is 5.56 Å². The molecular weight excluding hydrogens is 475 g/mol. The van der Waals surface area contributed by atoms with Gasteiger partial charge in [0.05, 0.1) is 17.6 Å². The second-order valence-electron chi connectivity index (χ2n) is 7.86. The summed E-state index contributed by atoms with van der Waals surface area (Å²) in [7, 11) is -3.87. The van der Waals surface area contributed by atoms with Crippen LogP contribution in [0.15, 0.2) is 51.8 Å². The van der Waals surface area contributed by atoms with Crippen molar-refractivity contribution < 1.29 is 26.8 Å². The number of benzene rings is 2. The van der Waals surface area contributed by atoms with Crippen molar-refractivity contribution in [3.05, 3.63) is 63.9 Å². The third-order valence-corrected chi connectivity index (χ3v) is 7.62. The summed E-state index contributed by atoms with van der Waals surface area (Å²) in [5, 5.41) is 10.6. The number of aliphatic hydroxyl groups is 1. The first kappa shape index (κ1) is 23.3. The Hall–Kier alpha value is -1.32. The van der Waals surface area contributed by atoms with Gasteiger partial charge in [0.2, 0.25) is 0 Å². The van der Waals surface area contributed by atoms with Gasteiger partial charge < -0.3 is 9.84 Å². The van der Waals surface area contributed by atoms with Crippen molar-refractivity contribution in [2.45, 2.75) is 43.6 Å². The molecule has 0 amide bonds. The zero-order valence-corrected chi connectivity index (χ0v) is 19.2. The van der Waals surface area contributed by atoms with Crippen molar-refractivity contribution in [2.75, 3.05) is 19.8 Å². The second kappa shape index (κ2) is 9.87. The van der Waals surface area contributed by atoms with E-state index in [1.165, 1.54) is 24.3 Å². The van der Waals surface area contributed by atoms with Gasteiger partial charge in [0.1, 0.15) is 5.82 Å². The first-order valence-corrected chi connectivity index (χ1v) is 12.1. The third kappa shape index (κ3) is 5.88. The Bertz CT molecular complexity index is 956. The van der Waals surface area contributed by atoms with Gasteiger partial charge in [-0.1, -0.05) is 39.7 Å². The minimum atomic E-state index is -3.87. The maximum absolute atomic E-state index is 13.3. The summed E-state index contributed by atoms with van der Waals surface area (Å²) in [5.41, 5.74) is 1.16. The van der Waals surface area contributed by atoms with Crippen LogP contribution in [0.25, 0.3) is 0 Å². The molecule has 2 aromatic carbocycles. The van der Waals surface area contributed by atoms with E-state index in [0.29, 0.717) is 48.9 Å². The zero-order chi connectivity index (χ0) is 21.8. The Balaban J connectivity index is 1.69. The molecule has 0 aromatic heterocycles. The molecule has 1 saturated heterocycles. The lowest BCUT2D eigenvalue weighted by Crippen LogP contribution is -2.35. The Labute approximate surface area is 185 Å². The van der Waals surface area contributed by atoms with Crippen LogP contribution in [0.4, 0.5) is 4.39 Å². The van der Waals surface area contributed by atoms with Crippen LogP contribution in [0.5, 0.6) is 0 Å². The third-order valence-electron chi connectivity index (χ3n) is 5.65. The van der Waals surface area contributed by atoms with E-state index in [1.54, 1.807) is 18.2 Å². The Morgan fingerprint density at radius 2 is 1.87 bits per heavy atom. The minimum Gasteiger partial charge on any atom is -0.388 e. The predicted octanol–water partition coefficient (Wildman–Crippen LogP) is 4.91. The van der Waals surface area contributed by atoms with E-state index in [4.69, 9.17) is 8.92 Å². The van der Waals surface area contributed by atoms with Crippen molar-refractivity contribution in [1.29, 1.82) is 0 Å². The van der Waals surface area contributed by atoms with E-state index >= 15 is 0 Å². The molecule has 1 aliphatic heterocycles. The van der Waals surface area contributed by atoms with Gasteiger partial charge >= 0.3 is 0 Å². The summed E-state index contributed by atoms with van der Waals surface area (Å²) >= 11 is 3.29. The maximum atomic E-state index is 13.3. The molecule has 1 aliphatic rings. The van der Waals surface area contributed by atoms with E-state index in [2.05, 4.69) is 15.9 Å². The van der Waals surface area contributed by atoms with Crippen LogP contribution < -0.4 is 0 Å². The lowest BCUT2D eigenvalue weighted by atomic mass is 9.76. The van der Waals surface area contributed by atoms with E-state index in [-0.39, 0.29) is 17.3 Å². The first-order chi connectivity index (χ1) is 14.2. The van der Waals surface area contributed by atoms with Gasteiger partial charge in [0, 0.05) is 17.7 Å². The molecule has 3 rings (SSSR count). The van der Waals surface area contributed by atoms with E-state index < -0.39 is 21.6 Å². The lowest BCUT2D eigenvalue weighted by molar-refractivity contribution is -0.0206. The van der Waals surface area contributed by atoms with Gasteiger partial charge in [-0.25, -0.2) is 4.39 Å². The molecule has 0 spiro atoms. The minimum absolute atomic E-state index is 0.0316. The average molecular weight is 501 g/mol. The number of hydrogen-bond acceptors (Lipinski definition) is 5. The smallest absolute Gasteiger partial charge is 0.296 e. The topological polar surface area (TPSA) is 72.8 Å². The summed E-state index contributed by atoms with van der Waals surface area (Å²) in [4.78, 5) is 0.130. The first-order valence-electron chi connectivity index (χ1n) is 9.88. The molecule has 0 radical (unpaired) electrons. The second-order valence-corrected chi connectivity index (χ2v) is 10.3. The molecule has 0 saturated carbocycles. The van der Waals surface area contributed by atoms with E-state index in [1.807, 2.05) is 6.92 Å². The largest absolute Gasteiger partial charge is 0.388 e. The molecule has 1 unspecified atom stereocenters. The summed E-state index contributed by atoms with van der Waals surface area (Å²) in [6, 6.07) is 10.7. The molecule has 1 atom stereocenters. The molecule has 2 aromatic rings. The molecule has 0 aliphatic carbocycles. The van der Waals surface area contributed by atoms with Crippen LogP contribution >= 0.6 is 15.9 Å². The fourth-order valence-electron chi connectivity index (χ4n) is 3.62. The quantitative estimate of drug-likeness (QED) is 0.521. The van der Waals surface area contributed by atoms with Crippen molar-refractivity contribution in [1.82, 2.24) is 0 Å². The van der Waals surface area contributed by atoms with Gasteiger partial charge in [-0.05, 0) is 67.9 Å². The van der Waals surface area contributed by atoms with Crippen LogP contribution in [0.3, 0.4) is 0 Å². The highest BCUT2D eigenvalue weighted by Gasteiger charge is 2.35. The molecule has 1 heterocycles. The van der Waals surface area contributed by atoms with Crippen LogP contribution in [-0.4, -0.2) is 33.3 Å². The predicted molar refractivity (Wildman–Crippen MR) is 115 cm³/mol. The Kier molecular flexibility index (Phi) is 7.68. The fraction of sp³-hybridized carbons (Fsp3) is 0.455. The van der Waals surface area contributed by atoms with Crippen molar-refractivity contribution >= 4 is 26.0 Å². The molecule has 1 N–H and O–H groups in total. The molecule has 8 heteroatoms. The van der Waals surface area contributed by atoms with Crippen LogP contribution in [0, 0.1) is 18.2 Å². The highest BCUT2D eigenvalue weighted by molar-refractivity contribution is 9.10. The number of aliphatic hydroxyl groups excluding tert-OH is 1. The van der Waals surface area contributed by atoms with Crippen LogP contribution in [0.1, 0.15) is 42.9 Å². The van der Waals surface area contributed by atoms with Gasteiger partial charge in [0.25, 0.3) is 10.1 Å². The van der Waals surface area contributed by atoms with E-state index in [9.17, 15) is 17.9 Å². The van der Waals surface area contributed by atoms with Crippen molar-refractivity contribution in [2.24, 2.45) is 5.41 Å². The molecule has 164 valence electrons.